The number of aromatic nitrogens is 4. The molecule has 5 nitrogen and oxygen atoms in total. The van der Waals surface area contributed by atoms with Crippen LogP contribution >= 0.6 is 11.6 Å². The Balaban J connectivity index is 2.29. The monoisotopic (exact) mass is 295 g/mol. The van der Waals surface area contributed by atoms with Crippen LogP contribution in [0.2, 0.25) is 5.02 Å². The molecule has 1 unspecified atom stereocenters. The van der Waals surface area contributed by atoms with E-state index in [1.165, 1.54) is 0 Å². The molecular weight excluding hydrogens is 274 g/mol. The molecule has 2 heterocycles. The van der Waals surface area contributed by atoms with E-state index < -0.39 is 0 Å². The van der Waals surface area contributed by atoms with Gasteiger partial charge in [0.25, 0.3) is 0 Å². The molecule has 0 aliphatic heterocycles. The number of hydrogen-bond donors (Lipinski definition) is 1. The summed E-state index contributed by atoms with van der Waals surface area (Å²) in [5.74, 6) is 1.02. The van der Waals surface area contributed by atoms with Crippen molar-refractivity contribution in [2.45, 2.75) is 32.7 Å². The van der Waals surface area contributed by atoms with Gasteiger partial charge in [0.2, 0.25) is 0 Å². The fourth-order valence-corrected chi connectivity index (χ4v) is 2.82. The molecule has 110 valence electrons. The van der Waals surface area contributed by atoms with Crippen molar-refractivity contribution in [3.63, 3.8) is 0 Å². The molecule has 6 heteroatoms. The van der Waals surface area contributed by atoms with Crippen LogP contribution in [0.4, 0.5) is 0 Å². The summed E-state index contributed by atoms with van der Waals surface area (Å²) in [7, 11) is 3.96. The lowest BCUT2D eigenvalue weighted by Gasteiger charge is -2.18. The topological polar surface area (TPSA) is 47.7 Å². The molecule has 0 saturated carbocycles. The Morgan fingerprint density at radius 2 is 2.10 bits per heavy atom. The second-order valence-electron chi connectivity index (χ2n) is 4.90. The molecule has 2 aromatic rings. The molecular formula is C14H22ClN5. The highest BCUT2D eigenvalue weighted by Crippen LogP contribution is 2.25. The van der Waals surface area contributed by atoms with Crippen molar-refractivity contribution in [2.75, 3.05) is 6.54 Å². The van der Waals surface area contributed by atoms with Gasteiger partial charge in [-0.1, -0.05) is 25.4 Å². The highest BCUT2D eigenvalue weighted by atomic mass is 35.5. The summed E-state index contributed by atoms with van der Waals surface area (Å²) in [6.45, 7) is 5.05. The van der Waals surface area contributed by atoms with Crippen LogP contribution in [0.15, 0.2) is 12.4 Å². The van der Waals surface area contributed by atoms with Gasteiger partial charge in [-0.25, -0.2) is 4.98 Å². The lowest BCUT2D eigenvalue weighted by Crippen LogP contribution is -2.26. The van der Waals surface area contributed by atoms with Gasteiger partial charge >= 0.3 is 0 Å². The lowest BCUT2D eigenvalue weighted by molar-refractivity contribution is 0.491. The highest BCUT2D eigenvalue weighted by molar-refractivity contribution is 6.31. The minimum absolute atomic E-state index is 0.137. The van der Waals surface area contributed by atoms with Crippen LogP contribution in [0, 0.1) is 0 Å². The second kappa shape index (κ2) is 6.41. The summed E-state index contributed by atoms with van der Waals surface area (Å²) >= 11 is 6.44. The van der Waals surface area contributed by atoms with E-state index in [-0.39, 0.29) is 6.04 Å². The first-order valence-electron chi connectivity index (χ1n) is 6.99. The maximum Gasteiger partial charge on any atom is 0.125 e. The number of likely N-dealkylation sites (N-methyl/N-ethyl adjacent to an activating group) is 1. The van der Waals surface area contributed by atoms with Crippen molar-refractivity contribution in [3.05, 3.63) is 34.6 Å². The van der Waals surface area contributed by atoms with Crippen LogP contribution in [0.25, 0.3) is 0 Å². The molecule has 0 aromatic carbocycles. The zero-order chi connectivity index (χ0) is 14.7. The standard InChI is InChI=1S/C14H22ClN5/c1-5-10-13(15)12(20(4)18-10)9-11(16-6-2)14-17-7-8-19(14)3/h7-8,11,16H,5-6,9H2,1-4H3. The largest absolute Gasteiger partial charge is 0.337 e. The third-order valence-electron chi connectivity index (χ3n) is 3.52. The first kappa shape index (κ1) is 15.1. The van der Waals surface area contributed by atoms with Gasteiger partial charge in [-0.15, -0.1) is 0 Å². The number of nitrogens with one attached hydrogen (secondary N) is 1. The molecule has 1 N–H and O–H groups in total. The van der Waals surface area contributed by atoms with Gasteiger partial charge in [0.1, 0.15) is 5.82 Å². The van der Waals surface area contributed by atoms with Crippen LogP contribution < -0.4 is 5.32 Å². The number of aryl methyl sites for hydroxylation is 3. The summed E-state index contributed by atoms with van der Waals surface area (Å²) in [6, 6.07) is 0.137. The molecule has 2 aromatic heterocycles. The zero-order valence-electron chi connectivity index (χ0n) is 12.5. The molecule has 0 spiro atoms. The molecule has 2 rings (SSSR count). The number of hydrogen-bond acceptors (Lipinski definition) is 3. The quantitative estimate of drug-likeness (QED) is 0.889. The van der Waals surface area contributed by atoms with Gasteiger partial charge in [-0.2, -0.15) is 5.10 Å². The molecule has 20 heavy (non-hydrogen) atoms. The van der Waals surface area contributed by atoms with Crippen LogP contribution in [-0.4, -0.2) is 25.9 Å². The van der Waals surface area contributed by atoms with E-state index in [9.17, 15) is 0 Å². The summed E-state index contributed by atoms with van der Waals surface area (Å²) in [5, 5.41) is 8.73. The van der Waals surface area contributed by atoms with Crippen molar-refractivity contribution in [1.29, 1.82) is 0 Å². The summed E-state index contributed by atoms with van der Waals surface area (Å²) in [6.07, 6.45) is 5.41. The Bertz CT molecular complexity index is 572. The Morgan fingerprint density at radius 1 is 1.35 bits per heavy atom. The molecule has 0 bridgehead atoms. The Labute approximate surface area is 125 Å². The first-order valence-corrected chi connectivity index (χ1v) is 7.37. The molecule has 0 radical (unpaired) electrons. The summed E-state index contributed by atoms with van der Waals surface area (Å²) in [4.78, 5) is 4.44. The molecule has 0 saturated heterocycles. The Kier molecular flexibility index (Phi) is 4.83. The first-order chi connectivity index (χ1) is 9.58. The SMILES string of the molecule is CCNC(Cc1c(Cl)c(CC)nn1C)c1nccn1C. The number of halogens is 1. The summed E-state index contributed by atoms with van der Waals surface area (Å²) < 4.78 is 3.92. The fraction of sp³-hybridized carbons (Fsp3) is 0.571. The molecule has 0 aliphatic carbocycles. The lowest BCUT2D eigenvalue weighted by atomic mass is 10.1. The van der Waals surface area contributed by atoms with Gasteiger partial charge in [-0.3, -0.25) is 4.68 Å². The van der Waals surface area contributed by atoms with E-state index in [4.69, 9.17) is 11.6 Å². The van der Waals surface area contributed by atoms with Crippen LogP contribution in [0.1, 0.15) is 37.1 Å². The van der Waals surface area contributed by atoms with Gasteiger partial charge < -0.3 is 9.88 Å². The van der Waals surface area contributed by atoms with E-state index in [1.807, 2.05) is 35.7 Å². The van der Waals surface area contributed by atoms with Gasteiger partial charge in [0, 0.05) is 32.9 Å². The Morgan fingerprint density at radius 3 is 2.60 bits per heavy atom. The van der Waals surface area contributed by atoms with Crippen molar-refractivity contribution in [3.8, 4) is 0 Å². The average Bonchev–Trinajstić information content (AvgIpc) is 2.96. The number of rotatable bonds is 6. The number of nitrogens with zero attached hydrogens (tertiary/aromatic N) is 4. The minimum atomic E-state index is 0.137. The fourth-order valence-electron chi connectivity index (χ4n) is 2.45. The maximum absolute atomic E-state index is 6.44. The van der Waals surface area contributed by atoms with Crippen molar-refractivity contribution < 1.29 is 0 Å². The molecule has 0 amide bonds. The molecule has 1 atom stereocenters. The van der Waals surface area contributed by atoms with Crippen LogP contribution in [0.3, 0.4) is 0 Å². The third-order valence-corrected chi connectivity index (χ3v) is 3.96. The van der Waals surface area contributed by atoms with E-state index in [2.05, 4.69) is 29.2 Å². The Hall–Kier alpha value is -1.33. The van der Waals surface area contributed by atoms with E-state index in [1.54, 1.807) is 0 Å². The van der Waals surface area contributed by atoms with Crippen molar-refractivity contribution >= 4 is 11.6 Å². The normalized spacial score (nSPS) is 12.8. The average molecular weight is 296 g/mol. The highest BCUT2D eigenvalue weighted by Gasteiger charge is 2.21. The predicted octanol–water partition coefficient (Wildman–Crippen LogP) is 2.26. The summed E-state index contributed by atoms with van der Waals surface area (Å²) in [5.41, 5.74) is 2.01. The maximum atomic E-state index is 6.44. The van der Waals surface area contributed by atoms with Gasteiger partial charge in [0.15, 0.2) is 0 Å². The van der Waals surface area contributed by atoms with Gasteiger partial charge in [-0.05, 0) is 13.0 Å². The van der Waals surface area contributed by atoms with E-state index >= 15 is 0 Å². The smallest absolute Gasteiger partial charge is 0.125 e. The van der Waals surface area contributed by atoms with E-state index in [0.717, 1.165) is 41.6 Å². The van der Waals surface area contributed by atoms with Crippen molar-refractivity contribution in [1.82, 2.24) is 24.6 Å². The zero-order valence-corrected chi connectivity index (χ0v) is 13.3. The van der Waals surface area contributed by atoms with Crippen molar-refractivity contribution in [2.24, 2.45) is 14.1 Å². The van der Waals surface area contributed by atoms with Crippen LogP contribution in [-0.2, 0) is 26.9 Å². The molecule has 0 aliphatic rings. The minimum Gasteiger partial charge on any atom is -0.337 e. The van der Waals surface area contributed by atoms with Crippen LogP contribution in [0.5, 0.6) is 0 Å². The van der Waals surface area contributed by atoms with E-state index in [0.29, 0.717) is 0 Å². The second-order valence-corrected chi connectivity index (χ2v) is 5.27. The number of imidazole rings is 1. The third kappa shape index (κ3) is 2.88. The molecule has 0 fully saturated rings. The predicted molar refractivity (Wildman–Crippen MR) is 80.9 cm³/mol. The van der Waals surface area contributed by atoms with Gasteiger partial charge in [0.05, 0.1) is 22.5 Å².